The molecular formula is C11H13Cl3NO. The molecule has 89 valence electrons. The smallest absolute Gasteiger partial charge is 0.162 e. The molecule has 0 saturated heterocycles. The van der Waals surface area contributed by atoms with E-state index in [4.69, 9.17) is 39.5 Å². The Labute approximate surface area is 111 Å². The van der Waals surface area contributed by atoms with Gasteiger partial charge in [0.2, 0.25) is 0 Å². The van der Waals surface area contributed by atoms with Crippen molar-refractivity contribution in [1.82, 2.24) is 5.32 Å². The second-order valence-corrected chi connectivity index (χ2v) is 4.57. The highest BCUT2D eigenvalue weighted by molar-refractivity contribution is 6.40. The van der Waals surface area contributed by atoms with Gasteiger partial charge in [-0.05, 0) is 25.5 Å². The zero-order valence-electron chi connectivity index (χ0n) is 9.14. The lowest BCUT2D eigenvalue weighted by molar-refractivity contribution is 0.179. The van der Waals surface area contributed by atoms with Crippen LogP contribution in [-0.2, 0) is 0 Å². The Hall–Kier alpha value is -0.150. The second kappa shape index (κ2) is 6.55. The highest BCUT2D eigenvalue weighted by atomic mass is 35.5. The van der Waals surface area contributed by atoms with Gasteiger partial charge < -0.3 is 4.74 Å². The van der Waals surface area contributed by atoms with E-state index in [1.165, 1.54) is 0 Å². The van der Waals surface area contributed by atoms with E-state index in [2.05, 4.69) is 12.2 Å². The number of benzene rings is 1. The van der Waals surface area contributed by atoms with Gasteiger partial charge in [0.05, 0.1) is 10.0 Å². The zero-order valence-corrected chi connectivity index (χ0v) is 11.4. The minimum Gasteiger partial charge on any atom is -0.471 e. The number of rotatable bonds is 5. The maximum absolute atomic E-state index is 5.98. The highest BCUT2D eigenvalue weighted by Crippen LogP contribution is 2.36. The first-order valence-corrected chi connectivity index (χ1v) is 6.15. The van der Waals surface area contributed by atoms with Crippen molar-refractivity contribution in [2.45, 2.75) is 26.5 Å². The molecule has 1 rings (SSSR count). The average Bonchev–Trinajstić information content (AvgIpc) is 2.20. The van der Waals surface area contributed by atoms with E-state index >= 15 is 0 Å². The molecule has 16 heavy (non-hydrogen) atoms. The molecule has 1 atom stereocenters. The number of hydrogen-bond donors (Lipinski definition) is 0. The second-order valence-electron chi connectivity index (χ2n) is 3.32. The van der Waals surface area contributed by atoms with Gasteiger partial charge in [-0.2, -0.15) is 0 Å². The predicted molar refractivity (Wildman–Crippen MR) is 68.9 cm³/mol. The molecule has 0 aliphatic carbocycles. The highest BCUT2D eigenvalue weighted by Gasteiger charge is 2.12. The summed E-state index contributed by atoms with van der Waals surface area (Å²) in [5.74, 6) is 0.431. The number of halogens is 3. The molecule has 0 N–H and O–H groups in total. The summed E-state index contributed by atoms with van der Waals surface area (Å²) in [6.45, 7) is 4.65. The van der Waals surface area contributed by atoms with Crippen molar-refractivity contribution in [3.05, 3.63) is 27.2 Å². The van der Waals surface area contributed by atoms with Crippen LogP contribution in [0, 0.1) is 0 Å². The van der Waals surface area contributed by atoms with E-state index in [0.717, 1.165) is 13.0 Å². The van der Waals surface area contributed by atoms with Gasteiger partial charge in [-0.15, -0.1) is 0 Å². The van der Waals surface area contributed by atoms with Crippen molar-refractivity contribution >= 4 is 34.8 Å². The zero-order chi connectivity index (χ0) is 12.1. The monoisotopic (exact) mass is 280 g/mol. The van der Waals surface area contributed by atoms with Gasteiger partial charge in [-0.25, -0.2) is 5.32 Å². The minimum absolute atomic E-state index is 0.267. The van der Waals surface area contributed by atoms with Gasteiger partial charge in [0, 0.05) is 11.6 Å². The quantitative estimate of drug-likeness (QED) is 0.785. The van der Waals surface area contributed by atoms with Crippen molar-refractivity contribution in [2.24, 2.45) is 0 Å². The molecule has 0 aromatic heterocycles. The largest absolute Gasteiger partial charge is 0.471 e. The van der Waals surface area contributed by atoms with Gasteiger partial charge in [-0.1, -0.05) is 41.7 Å². The number of nitrogens with zero attached hydrogens (tertiary/aromatic N) is 1. The molecule has 1 aromatic carbocycles. The molecule has 2 nitrogen and oxygen atoms in total. The van der Waals surface area contributed by atoms with E-state index in [1.54, 1.807) is 12.1 Å². The van der Waals surface area contributed by atoms with E-state index < -0.39 is 0 Å². The van der Waals surface area contributed by atoms with Gasteiger partial charge in [0.15, 0.2) is 12.0 Å². The molecule has 0 bridgehead atoms. The molecule has 1 radical (unpaired) electrons. The molecular weight excluding hydrogens is 268 g/mol. The third kappa shape index (κ3) is 4.02. The first-order chi connectivity index (χ1) is 7.54. The molecule has 1 unspecified atom stereocenters. The summed E-state index contributed by atoms with van der Waals surface area (Å²) in [6, 6.07) is 3.19. The summed E-state index contributed by atoms with van der Waals surface area (Å²) in [5, 5.41) is 5.55. The lowest BCUT2D eigenvalue weighted by atomic mass is 10.3. The maximum Gasteiger partial charge on any atom is 0.162 e. The van der Waals surface area contributed by atoms with Crippen molar-refractivity contribution in [3.8, 4) is 5.75 Å². The summed E-state index contributed by atoms with van der Waals surface area (Å²) < 4.78 is 5.54. The predicted octanol–water partition coefficient (Wildman–Crippen LogP) is 4.39. The normalized spacial score (nSPS) is 12.6. The Morgan fingerprint density at radius 3 is 2.31 bits per heavy atom. The average molecular weight is 282 g/mol. The summed E-state index contributed by atoms with van der Waals surface area (Å²) in [4.78, 5) is 0. The first-order valence-electron chi connectivity index (χ1n) is 5.02. The van der Waals surface area contributed by atoms with E-state index in [1.807, 2.05) is 6.92 Å². The van der Waals surface area contributed by atoms with Crippen LogP contribution in [0.2, 0.25) is 15.1 Å². The van der Waals surface area contributed by atoms with Crippen LogP contribution in [0.3, 0.4) is 0 Å². The van der Waals surface area contributed by atoms with Crippen LogP contribution in [0.1, 0.15) is 20.3 Å². The van der Waals surface area contributed by atoms with E-state index in [0.29, 0.717) is 20.8 Å². The number of ether oxygens (including phenoxy) is 1. The lowest BCUT2D eigenvalue weighted by Gasteiger charge is -2.16. The minimum atomic E-state index is -0.267. The summed E-state index contributed by atoms with van der Waals surface area (Å²) >= 11 is 17.7. The molecule has 5 heteroatoms. The third-order valence-corrected chi connectivity index (χ3v) is 2.64. The van der Waals surface area contributed by atoms with Crippen LogP contribution in [0.25, 0.3) is 0 Å². The molecule has 1 aromatic rings. The van der Waals surface area contributed by atoms with Gasteiger partial charge in [0.25, 0.3) is 0 Å². The van der Waals surface area contributed by atoms with Gasteiger partial charge in [0.1, 0.15) is 0 Å². The standard InChI is InChI=1S/C11H13Cl3NO/c1-3-4-15-7(2)16-11-9(13)5-8(12)6-10(11)14/h5-7H,3-4H2,1-2H3. The molecule has 0 heterocycles. The van der Waals surface area contributed by atoms with Crippen LogP contribution in [0.5, 0.6) is 5.75 Å². The summed E-state index contributed by atoms with van der Waals surface area (Å²) in [6.07, 6.45) is 0.714. The first kappa shape index (κ1) is 13.9. The fourth-order valence-electron chi connectivity index (χ4n) is 1.16. The Kier molecular flexibility index (Phi) is 5.70. The lowest BCUT2D eigenvalue weighted by Crippen LogP contribution is -2.25. The van der Waals surface area contributed by atoms with Crippen molar-refractivity contribution in [1.29, 1.82) is 0 Å². The molecule has 0 fully saturated rings. The molecule has 0 amide bonds. The van der Waals surface area contributed by atoms with E-state index in [-0.39, 0.29) is 6.23 Å². The fourth-order valence-corrected chi connectivity index (χ4v) is 2.07. The molecule has 0 saturated carbocycles. The Morgan fingerprint density at radius 2 is 1.81 bits per heavy atom. The Bertz CT molecular complexity index is 334. The fraction of sp³-hybridized carbons (Fsp3) is 0.455. The van der Waals surface area contributed by atoms with Crippen LogP contribution in [0.15, 0.2) is 12.1 Å². The maximum atomic E-state index is 5.98. The van der Waals surface area contributed by atoms with Crippen molar-refractivity contribution < 1.29 is 4.74 Å². The molecule has 0 spiro atoms. The van der Waals surface area contributed by atoms with E-state index in [9.17, 15) is 0 Å². The molecule has 0 aliphatic heterocycles. The van der Waals surface area contributed by atoms with Crippen LogP contribution < -0.4 is 10.1 Å². The third-order valence-electron chi connectivity index (χ3n) is 1.86. The van der Waals surface area contributed by atoms with Crippen molar-refractivity contribution in [3.63, 3.8) is 0 Å². The van der Waals surface area contributed by atoms with Crippen molar-refractivity contribution in [2.75, 3.05) is 6.54 Å². The van der Waals surface area contributed by atoms with Crippen LogP contribution in [-0.4, -0.2) is 12.8 Å². The van der Waals surface area contributed by atoms with Crippen LogP contribution >= 0.6 is 34.8 Å². The number of hydrogen-bond acceptors (Lipinski definition) is 1. The SMILES string of the molecule is CCC[N]C(C)Oc1c(Cl)cc(Cl)cc1Cl. The Morgan fingerprint density at radius 1 is 1.25 bits per heavy atom. The van der Waals surface area contributed by atoms with Crippen LogP contribution in [0.4, 0.5) is 0 Å². The summed E-state index contributed by atoms with van der Waals surface area (Å²) in [5.41, 5.74) is 0. The Balaban J connectivity index is 2.73. The van der Waals surface area contributed by atoms with Gasteiger partial charge >= 0.3 is 0 Å². The summed E-state index contributed by atoms with van der Waals surface area (Å²) in [7, 11) is 0. The topological polar surface area (TPSA) is 23.3 Å². The molecule has 0 aliphatic rings. The van der Waals surface area contributed by atoms with Gasteiger partial charge in [-0.3, -0.25) is 0 Å².